The van der Waals surface area contributed by atoms with Gasteiger partial charge in [0.1, 0.15) is 24.1 Å². The number of hydrogen-bond donors (Lipinski definition) is 5. The fourth-order valence-electron chi connectivity index (χ4n) is 4.53. The zero-order valence-electron chi connectivity index (χ0n) is 20.5. The van der Waals surface area contributed by atoms with Gasteiger partial charge in [0.2, 0.25) is 11.8 Å². The average molecular weight is 507 g/mol. The number of benzene rings is 2. The Labute approximate surface area is 213 Å². The van der Waals surface area contributed by atoms with Gasteiger partial charge in [-0.15, -0.1) is 0 Å². The Bertz CT molecular complexity index is 1290. The fraction of sp³-hybridized carbons (Fsp3) is 0.333. The monoisotopic (exact) mass is 506 g/mol. The van der Waals surface area contributed by atoms with E-state index in [4.69, 9.17) is 4.74 Å². The van der Waals surface area contributed by atoms with Crippen molar-refractivity contribution in [1.29, 1.82) is 0 Å². The molecule has 1 fully saturated rings. The highest BCUT2D eigenvalue weighted by Gasteiger charge is 2.33. The maximum atomic E-state index is 13.4. The highest BCUT2D eigenvalue weighted by molar-refractivity contribution is 6.02. The van der Waals surface area contributed by atoms with E-state index in [9.17, 15) is 24.3 Å². The van der Waals surface area contributed by atoms with Gasteiger partial charge in [0.25, 0.3) is 5.91 Å². The van der Waals surface area contributed by atoms with Gasteiger partial charge in [0.15, 0.2) is 5.78 Å². The van der Waals surface area contributed by atoms with Gasteiger partial charge in [-0.05, 0) is 36.6 Å². The third kappa shape index (κ3) is 6.15. The van der Waals surface area contributed by atoms with Crippen molar-refractivity contribution in [2.45, 2.75) is 31.3 Å². The number of carbonyl (C=O) groups excluding carboxylic acids is 4. The van der Waals surface area contributed by atoms with Crippen LogP contribution in [-0.2, 0) is 20.8 Å². The zero-order valence-corrected chi connectivity index (χ0v) is 20.5. The van der Waals surface area contributed by atoms with Crippen molar-refractivity contribution in [2.75, 3.05) is 20.3 Å². The summed E-state index contributed by atoms with van der Waals surface area (Å²) in [4.78, 5) is 54.1. The smallest absolute Gasteiger partial charge is 0.268 e. The van der Waals surface area contributed by atoms with Crippen molar-refractivity contribution in [2.24, 2.45) is 5.92 Å². The van der Waals surface area contributed by atoms with E-state index in [0.717, 1.165) is 10.9 Å². The number of methoxy groups -OCH3 is 1. The largest absolute Gasteiger partial charge is 0.496 e. The third-order valence-corrected chi connectivity index (χ3v) is 6.54. The van der Waals surface area contributed by atoms with Gasteiger partial charge in [-0.25, -0.2) is 0 Å². The minimum Gasteiger partial charge on any atom is -0.496 e. The van der Waals surface area contributed by atoms with Gasteiger partial charge in [-0.1, -0.05) is 36.4 Å². The molecule has 10 nitrogen and oxygen atoms in total. The van der Waals surface area contributed by atoms with Gasteiger partial charge < -0.3 is 30.8 Å². The summed E-state index contributed by atoms with van der Waals surface area (Å²) in [6, 6.07) is 14.1. The molecule has 0 radical (unpaired) electrons. The van der Waals surface area contributed by atoms with Crippen LogP contribution in [0, 0.1) is 5.92 Å². The van der Waals surface area contributed by atoms with Crippen LogP contribution in [0.15, 0.2) is 54.6 Å². The summed E-state index contributed by atoms with van der Waals surface area (Å²) >= 11 is 0. The molecular formula is C27H30N4O6. The first-order valence-electron chi connectivity index (χ1n) is 12.1. The number of aliphatic hydroxyl groups is 1. The SMILES string of the molecule is COc1cccc2[nH]c(C(=O)NC(Cc3ccccc3)C(=O)NC(C[C@@H]3CCNC3=O)C(=O)CO)cc12. The summed E-state index contributed by atoms with van der Waals surface area (Å²) in [5.41, 5.74) is 1.76. The predicted molar refractivity (Wildman–Crippen MR) is 136 cm³/mol. The van der Waals surface area contributed by atoms with E-state index in [0.29, 0.717) is 24.2 Å². The van der Waals surface area contributed by atoms with E-state index in [-0.39, 0.29) is 24.4 Å². The maximum Gasteiger partial charge on any atom is 0.268 e. The molecule has 1 aliphatic rings. The van der Waals surface area contributed by atoms with E-state index in [1.807, 2.05) is 36.4 Å². The van der Waals surface area contributed by atoms with Crippen molar-refractivity contribution in [1.82, 2.24) is 20.9 Å². The minimum absolute atomic E-state index is 0.0742. The molecule has 1 saturated heterocycles. The maximum absolute atomic E-state index is 13.4. The Hall–Kier alpha value is -4.18. The Balaban J connectivity index is 1.55. The van der Waals surface area contributed by atoms with Crippen molar-refractivity contribution in [3.8, 4) is 5.75 Å². The lowest BCUT2D eigenvalue weighted by molar-refractivity contribution is -0.131. The molecule has 3 atom stereocenters. The summed E-state index contributed by atoms with van der Waals surface area (Å²) in [6.07, 6.45) is 0.786. The molecule has 2 aromatic carbocycles. The fourth-order valence-corrected chi connectivity index (χ4v) is 4.53. The summed E-state index contributed by atoms with van der Waals surface area (Å²) in [5.74, 6) is -1.71. The van der Waals surface area contributed by atoms with Crippen molar-refractivity contribution in [3.05, 3.63) is 65.9 Å². The minimum atomic E-state index is -1.06. The number of aliphatic hydroxyl groups excluding tert-OH is 1. The molecule has 37 heavy (non-hydrogen) atoms. The van der Waals surface area contributed by atoms with E-state index < -0.39 is 42.2 Å². The number of nitrogens with one attached hydrogen (secondary N) is 4. The van der Waals surface area contributed by atoms with Crippen LogP contribution in [0.5, 0.6) is 5.75 Å². The highest BCUT2D eigenvalue weighted by Crippen LogP contribution is 2.26. The van der Waals surface area contributed by atoms with Crippen molar-refractivity contribution < 1.29 is 29.0 Å². The molecule has 0 bridgehead atoms. The van der Waals surface area contributed by atoms with E-state index in [1.54, 1.807) is 25.3 Å². The number of aromatic amines is 1. The van der Waals surface area contributed by atoms with Crippen molar-refractivity contribution >= 4 is 34.4 Å². The second-order valence-corrected chi connectivity index (χ2v) is 9.02. The lowest BCUT2D eigenvalue weighted by Gasteiger charge is -2.24. The van der Waals surface area contributed by atoms with Crippen LogP contribution in [0.1, 0.15) is 28.9 Å². The van der Waals surface area contributed by atoms with Gasteiger partial charge in [0, 0.05) is 29.8 Å². The number of fused-ring (bicyclic) bond motifs is 1. The molecule has 1 aliphatic heterocycles. The standard InChI is InChI=1S/C27H30N4O6/c1-37-24-9-5-8-19-18(24)14-22(29-19)27(36)31-21(12-16-6-3-2-4-7-16)26(35)30-20(23(33)15-32)13-17-10-11-28-25(17)34/h2-9,14,17,20-21,29,32H,10-13,15H2,1H3,(H,28,34)(H,30,35)(H,31,36)/t17-,20?,21?/m0/s1. The molecule has 5 N–H and O–H groups in total. The Morgan fingerprint density at radius 1 is 1.08 bits per heavy atom. The first-order valence-corrected chi connectivity index (χ1v) is 12.1. The number of Topliss-reactive ketones (excluding diaryl/α,β-unsaturated/α-hetero) is 1. The Kier molecular flexibility index (Phi) is 8.19. The predicted octanol–water partition coefficient (Wildman–Crippen LogP) is 1.09. The average Bonchev–Trinajstić information content (AvgIpc) is 3.53. The Morgan fingerprint density at radius 3 is 2.54 bits per heavy atom. The number of ketones is 1. The molecule has 1 aromatic heterocycles. The third-order valence-electron chi connectivity index (χ3n) is 6.54. The van der Waals surface area contributed by atoms with E-state index >= 15 is 0 Å². The molecule has 2 unspecified atom stereocenters. The second-order valence-electron chi connectivity index (χ2n) is 9.02. The van der Waals surface area contributed by atoms with E-state index in [1.165, 1.54) is 0 Å². The molecule has 194 valence electrons. The van der Waals surface area contributed by atoms with Crippen LogP contribution in [0.25, 0.3) is 10.9 Å². The van der Waals surface area contributed by atoms with Crippen molar-refractivity contribution in [3.63, 3.8) is 0 Å². The number of amides is 3. The summed E-state index contributed by atoms with van der Waals surface area (Å²) in [6.45, 7) is -0.272. The highest BCUT2D eigenvalue weighted by atomic mass is 16.5. The van der Waals surface area contributed by atoms with Crippen LogP contribution in [0.4, 0.5) is 0 Å². The van der Waals surface area contributed by atoms with Gasteiger partial charge >= 0.3 is 0 Å². The first-order chi connectivity index (χ1) is 17.9. The lowest BCUT2D eigenvalue weighted by atomic mass is 9.95. The van der Waals surface area contributed by atoms with Gasteiger partial charge in [-0.2, -0.15) is 0 Å². The molecule has 0 spiro atoms. The summed E-state index contributed by atoms with van der Waals surface area (Å²) in [5, 5.41) is 18.3. The van der Waals surface area contributed by atoms with Crippen LogP contribution in [0.3, 0.4) is 0 Å². The molecule has 0 saturated carbocycles. The molecule has 3 aromatic rings. The second kappa shape index (κ2) is 11.7. The molecule has 0 aliphatic carbocycles. The topological polar surface area (TPSA) is 150 Å². The van der Waals surface area contributed by atoms with Gasteiger partial charge in [-0.3, -0.25) is 19.2 Å². The van der Waals surface area contributed by atoms with Crippen LogP contribution >= 0.6 is 0 Å². The molecule has 4 rings (SSSR count). The first kappa shape index (κ1) is 25.9. The molecule has 2 heterocycles. The van der Waals surface area contributed by atoms with Crippen LogP contribution in [0.2, 0.25) is 0 Å². The number of ether oxygens (including phenoxy) is 1. The number of aromatic nitrogens is 1. The summed E-state index contributed by atoms with van der Waals surface area (Å²) < 4.78 is 5.36. The molecule has 10 heteroatoms. The number of carbonyl (C=O) groups is 4. The van der Waals surface area contributed by atoms with Crippen LogP contribution < -0.4 is 20.7 Å². The number of H-pyrrole nitrogens is 1. The van der Waals surface area contributed by atoms with Crippen LogP contribution in [-0.4, -0.2) is 65.9 Å². The molecular weight excluding hydrogens is 476 g/mol. The zero-order chi connectivity index (χ0) is 26.4. The number of rotatable bonds is 11. The quantitative estimate of drug-likeness (QED) is 0.263. The Morgan fingerprint density at radius 2 is 1.86 bits per heavy atom. The van der Waals surface area contributed by atoms with Gasteiger partial charge in [0.05, 0.1) is 13.2 Å². The normalized spacial score (nSPS) is 16.6. The lowest BCUT2D eigenvalue weighted by Crippen LogP contribution is -2.53. The summed E-state index contributed by atoms with van der Waals surface area (Å²) in [7, 11) is 1.54. The number of hydrogen-bond acceptors (Lipinski definition) is 6. The molecule has 3 amide bonds. The van der Waals surface area contributed by atoms with E-state index in [2.05, 4.69) is 20.9 Å².